The molecule has 0 spiro atoms. The smallest absolute Gasteiger partial charge is 0.338 e. The maximum absolute atomic E-state index is 13.0. The number of hydrogen-bond donors (Lipinski definition) is 1. The summed E-state index contributed by atoms with van der Waals surface area (Å²) in [5.41, 5.74) is 2.37. The van der Waals surface area contributed by atoms with Crippen molar-refractivity contribution in [3.05, 3.63) is 84.4 Å². The minimum Gasteiger partial charge on any atom is -0.452 e. The molecule has 0 saturated heterocycles. The number of hydrogen-bond acceptors (Lipinski definition) is 4. The lowest BCUT2D eigenvalue weighted by atomic mass is 9.96. The first-order valence-electron chi connectivity index (χ1n) is 9.94. The number of amides is 2. The summed E-state index contributed by atoms with van der Waals surface area (Å²) in [6.07, 6.45) is 0. The van der Waals surface area contributed by atoms with Crippen LogP contribution in [0, 0.1) is 0 Å². The van der Waals surface area contributed by atoms with E-state index in [0.29, 0.717) is 16.9 Å². The maximum atomic E-state index is 13.0. The molecule has 0 radical (unpaired) electrons. The quantitative estimate of drug-likeness (QED) is 0.647. The molecule has 0 aliphatic carbocycles. The van der Waals surface area contributed by atoms with Gasteiger partial charge in [-0.3, -0.25) is 14.5 Å². The zero-order chi connectivity index (χ0) is 22.0. The lowest BCUT2D eigenvalue weighted by molar-refractivity contribution is -0.128. The van der Waals surface area contributed by atoms with Crippen LogP contribution in [0.1, 0.15) is 24.2 Å². The molecule has 1 N–H and O–H groups in total. The van der Waals surface area contributed by atoms with Crippen LogP contribution in [0.15, 0.2) is 78.9 Å². The predicted octanol–water partition coefficient (Wildman–Crippen LogP) is 4.27. The van der Waals surface area contributed by atoms with E-state index in [4.69, 9.17) is 4.74 Å². The Hall–Kier alpha value is -3.93. The summed E-state index contributed by atoms with van der Waals surface area (Å²) in [6.45, 7) is 2.84. The van der Waals surface area contributed by atoms with Crippen molar-refractivity contribution >= 4 is 29.2 Å². The second-order valence-corrected chi connectivity index (χ2v) is 7.78. The summed E-state index contributed by atoms with van der Waals surface area (Å²) in [6, 6.07) is 23.9. The van der Waals surface area contributed by atoms with E-state index in [-0.39, 0.29) is 5.91 Å². The Labute approximate surface area is 180 Å². The van der Waals surface area contributed by atoms with Gasteiger partial charge >= 0.3 is 5.97 Å². The third kappa shape index (κ3) is 3.92. The SMILES string of the molecule is CC1(C)C(=O)Nc2ccccc2N1C(=O)COC(=O)c1ccc(-c2ccccc2)cc1. The van der Waals surface area contributed by atoms with E-state index in [2.05, 4.69) is 5.32 Å². The molecule has 1 aliphatic rings. The van der Waals surface area contributed by atoms with Crippen LogP contribution >= 0.6 is 0 Å². The molecule has 1 heterocycles. The second-order valence-electron chi connectivity index (χ2n) is 7.78. The van der Waals surface area contributed by atoms with Gasteiger partial charge in [0.05, 0.1) is 16.9 Å². The van der Waals surface area contributed by atoms with Gasteiger partial charge < -0.3 is 10.1 Å². The molecule has 0 unspecified atom stereocenters. The highest BCUT2D eigenvalue weighted by atomic mass is 16.5. The van der Waals surface area contributed by atoms with Crippen LogP contribution in [0.25, 0.3) is 11.1 Å². The van der Waals surface area contributed by atoms with Crippen molar-refractivity contribution in [3.8, 4) is 11.1 Å². The van der Waals surface area contributed by atoms with Gasteiger partial charge in [0.2, 0.25) is 5.91 Å². The number of fused-ring (bicyclic) bond motifs is 1. The fourth-order valence-corrected chi connectivity index (χ4v) is 3.60. The van der Waals surface area contributed by atoms with Gasteiger partial charge in [-0.2, -0.15) is 0 Å². The summed E-state index contributed by atoms with van der Waals surface area (Å²) in [5.74, 6) is -1.37. The normalized spacial score (nSPS) is 14.4. The molecule has 6 nitrogen and oxygen atoms in total. The predicted molar refractivity (Wildman–Crippen MR) is 119 cm³/mol. The molecule has 0 aromatic heterocycles. The Morgan fingerprint density at radius 1 is 0.871 bits per heavy atom. The highest BCUT2D eigenvalue weighted by molar-refractivity contribution is 6.14. The van der Waals surface area contributed by atoms with Crippen molar-refractivity contribution in [2.24, 2.45) is 0 Å². The first-order chi connectivity index (χ1) is 14.9. The molecule has 0 saturated carbocycles. The van der Waals surface area contributed by atoms with E-state index in [9.17, 15) is 14.4 Å². The second kappa shape index (κ2) is 8.07. The maximum Gasteiger partial charge on any atom is 0.338 e. The van der Waals surface area contributed by atoms with Gasteiger partial charge in [-0.15, -0.1) is 0 Å². The van der Waals surface area contributed by atoms with Crippen LogP contribution in [0.5, 0.6) is 0 Å². The van der Waals surface area contributed by atoms with E-state index in [0.717, 1.165) is 11.1 Å². The van der Waals surface area contributed by atoms with Crippen LogP contribution in [-0.2, 0) is 14.3 Å². The first kappa shape index (κ1) is 20.3. The number of nitrogens with zero attached hydrogens (tertiary/aromatic N) is 1. The van der Waals surface area contributed by atoms with E-state index in [1.54, 1.807) is 50.2 Å². The Morgan fingerprint density at radius 3 is 2.19 bits per heavy atom. The summed E-state index contributed by atoms with van der Waals surface area (Å²) in [7, 11) is 0. The Balaban J connectivity index is 1.47. The number of benzene rings is 3. The molecule has 3 aromatic rings. The topological polar surface area (TPSA) is 75.7 Å². The molecule has 0 atom stereocenters. The summed E-state index contributed by atoms with van der Waals surface area (Å²) >= 11 is 0. The van der Waals surface area contributed by atoms with Crippen molar-refractivity contribution in [3.63, 3.8) is 0 Å². The zero-order valence-electron chi connectivity index (χ0n) is 17.3. The first-order valence-corrected chi connectivity index (χ1v) is 9.94. The number of carbonyl (C=O) groups is 3. The van der Waals surface area contributed by atoms with Gasteiger partial charge in [0.15, 0.2) is 6.61 Å². The molecule has 31 heavy (non-hydrogen) atoms. The molecule has 6 heteroatoms. The third-order valence-corrected chi connectivity index (χ3v) is 5.31. The van der Waals surface area contributed by atoms with Crippen molar-refractivity contribution in [2.45, 2.75) is 19.4 Å². The summed E-state index contributed by atoms with van der Waals surface area (Å²) in [4.78, 5) is 39.3. The van der Waals surface area contributed by atoms with Crippen molar-refractivity contribution < 1.29 is 19.1 Å². The average molecular weight is 414 g/mol. The number of esters is 1. The lowest BCUT2D eigenvalue weighted by Crippen LogP contribution is -2.59. The van der Waals surface area contributed by atoms with Gasteiger partial charge in [-0.25, -0.2) is 4.79 Å². The Morgan fingerprint density at radius 2 is 1.48 bits per heavy atom. The van der Waals surface area contributed by atoms with E-state index >= 15 is 0 Å². The molecule has 3 aromatic carbocycles. The number of ether oxygens (including phenoxy) is 1. The molecule has 0 fully saturated rings. The fraction of sp³-hybridized carbons (Fsp3) is 0.160. The Kier molecular flexibility index (Phi) is 5.29. The minimum atomic E-state index is -1.12. The van der Waals surface area contributed by atoms with Gasteiger partial charge in [-0.1, -0.05) is 54.6 Å². The Bertz CT molecular complexity index is 1140. The molecule has 0 bridgehead atoms. The van der Waals surface area contributed by atoms with Gasteiger partial charge in [0.25, 0.3) is 5.91 Å². The number of anilines is 2. The highest BCUT2D eigenvalue weighted by Gasteiger charge is 2.43. The van der Waals surface area contributed by atoms with Crippen LogP contribution in [0.2, 0.25) is 0 Å². The van der Waals surface area contributed by atoms with E-state index in [1.807, 2.05) is 42.5 Å². The monoisotopic (exact) mass is 414 g/mol. The molecule has 2 amide bonds. The number of nitrogens with one attached hydrogen (secondary N) is 1. The summed E-state index contributed by atoms with van der Waals surface area (Å²) in [5, 5.41) is 2.80. The molecule has 4 rings (SSSR count). The molecular weight excluding hydrogens is 392 g/mol. The van der Waals surface area contributed by atoms with Crippen molar-refractivity contribution in [1.82, 2.24) is 0 Å². The van der Waals surface area contributed by atoms with Crippen molar-refractivity contribution in [2.75, 3.05) is 16.8 Å². The molecular formula is C25H22N2O4. The number of para-hydroxylation sites is 2. The van der Waals surface area contributed by atoms with Crippen LogP contribution < -0.4 is 10.2 Å². The van der Waals surface area contributed by atoms with Gasteiger partial charge in [0.1, 0.15) is 5.54 Å². The van der Waals surface area contributed by atoms with Crippen LogP contribution in [0.3, 0.4) is 0 Å². The average Bonchev–Trinajstić information content (AvgIpc) is 2.78. The minimum absolute atomic E-state index is 0.303. The number of carbonyl (C=O) groups excluding carboxylic acids is 3. The highest BCUT2D eigenvalue weighted by Crippen LogP contribution is 2.36. The number of rotatable bonds is 4. The van der Waals surface area contributed by atoms with Crippen LogP contribution in [-0.4, -0.2) is 29.9 Å². The molecule has 1 aliphatic heterocycles. The van der Waals surface area contributed by atoms with E-state index in [1.165, 1.54) is 4.90 Å². The fourth-order valence-electron chi connectivity index (χ4n) is 3.60. The molecule has 156 valence electrons. The van der Waals surface area contributed by atoms with E-state index < -0.39 is 24.0 Å². The van der Waals surface area contributed by atoms with Gasteiger partial charge in [0, 0.05) is 0 Å². The zero-order valence-corrected chi connectivity index (χ0v) is 17.3. The van der Waals surface area contributed by atoms with Crippen LogP contribution in [0.4, 0.5) is 11.4 Å². The third-order valence-electron chi connectivity index (χ3n) is 5.31. The van der Waals surface area contributed by atoms with Gasteiger partial charge in [-0.05, 0) is 49.2 Å². The standard InChI is InChI=1S/C25H22N2O4/c1-25(2)24(30)26-20-10-6-7-11-21(20)27(25)22(28)16-31-23(29)19-14-12-18(13-15-19)17-8-4-3-5-9-17/h3-15H,16H2,1-2H3,(H,26,30). The van der Waals surface area contributed by atoms with Crippen molar-refractivity contribution in [1.29, 1.82) is 0 Å². The largest absolute Gasteiger partial charge is 0.452 e. The lowest BCUT2D eigenvalue weighted by Gasteiger charge is -2.41. The summed E-state index contributed by atoms with van der Waals surface area (Å²) < 4.78 is 5.27.